The number of ether oxygens (including phenoxy) is 1. The largest absolute Gasteiger partial charge is 1.00 e. The molecule has 2 rings (SSSR count). The Bertz CT molecular complexity index is 934. The predicted molar refractivity (Wildman–Crippen MR) is 91.1 cm³/mol. The molecule has 0 spiro atoms. The van der Waals surface area contributed by atoms with Gasteiger partial charge in [0.05, 0.1) is 11.4 Å². The Morgan fingerprint density at radius 3 is 2.50 bits per heavy atom. The molecule has 0 saturated carbocycles. The van der Waals surface area contributed by atoms with E-state index in [0.717, 1.165) is 10.1 Å². The van der Waals surface area contributed by atoms with Gasteiger partial charge in [-0.1, -0.05) is 30.3 Å². The van der Waals surface area contributed by atoms with E-state index in [4.69, 9.17) is 11.3 Å². The minimum Gasteiger partial charge on any atom is -0.771 e. The molecule has 0 saturated heterocycles. The fraction of sp³-hybridized carbons (Fsp3) is 0.312. The van der Waals surface area contributed by atoms with Gasteiger partial charge in [-0.15, -0.1) is 0 Å². The molecule has 1 aromatic carbocycles. The van der Waals surface area contributed by atoms with Crippen molar-refractivity contribution in [3.8, 4) is 5.88 Å². The molecule has 8 nitrogen and oxygen atoms in total. The SMILES string of the molecule is [C-]#[N+]CCOc1c(Cc2ccccc2)c(=O)n(CS(=O)[O-])c(=O)n1C.[Na+]. The fourth-order valence-electron chi connectivity index (χ4n) is 2.35. The van der Waals surface area contributed by atoms with Gasteiger partial charge in [0.25, 0.3) is 5.56 Å². The number of rotatable bonds is 7. The van der Waals surface area contributed by atoms with Crippen molar-refractivity contribution in [3.05, 3.63) is 73.7 Å². The van der Waals surface area contributed by atoms with Crippen LogP contribution in [0.2, 0.25) is 0 Å². The molecule has 0 aliphatic rings. The third-order valence-corrected chi connectivity index (χ3v) is 3.95. The second-order valence-corrected chi connectivity index (χ2v) is 6.05. The van der Waals surface area contributed by atoms with Crippen LogP contribution in [0.5, 0.6) is 5.88 Å². The smallest absolute Gasteiger partial charge is 0.771 e. The Morgan fingerprint density at radius 2 is 1.92 bits per heavy atom. The third kappa shape index (κ3) is 5.40. The maximum Gasteiger partial charge on any atom is 1.00 e. The third-order valence-electron chi connectivity index (χ3n) is 3.48. The molecule has 132 valence electrons. The van der Waals surface area contributed by atoms with Gasteiger partial charge >= 0.3 is 35.2 Å². The number of aromatic nitrogens is 2. The van der Waals surface area contributed by atoms with E-state index >= 15 is 0 Å². The minimum atomic E-state index is -2.59. The van der Waals surface area contributed by atoms with Gasteiger partial charge in [-0.2, -0.15) is 0 Å². The Morgan fingerprint density at radius 1 is 1.27 bits per heavy atom. The fourth-order valence-corrected chi connectivity index (χ4v) is 2.79. The first-order valence-corrected chi connectivity index (χ1v) is 8.58. The van der Waals surface area contributed by atoms with E-state index < -0.39 is 28.2 Å². The Hall–Kier alpha value is -1.70. The molecule has 2 aromatic rings. The van der Waals surface area contributed by atoms with Crippen molar-refractivity contribution in [2.75, 3.05) is 13.2 Å². The van der Waals surface area contributed by atoms with Crippen LogP contribution in [-0.2, 0) is 30.4 Å². The maximum absolute atomic E-state index is 12.7. The summed E-state index contributed by atoms with van der Waals surface area (Å²) >= 11 is -2.59. The van der Waals surface area contributed by atoms with E-state index in [1.54, 1.807) is 0 Å². The van der Waals surface area contributed by atoms with Gasteiger partial charge < -0.3 is 14.1 Å². The normalized spacial score (nSPS) is 11.3. The maximum atomic E-state index is 12.7. The average molecular weight is 385 g/mol. The van der Waals surface area contributed by atoms with Gasteiger partial charge in [0, 0.05) is 13.5 Å². The summed E-state index contributed by atoms with van der Waals surface area (Å²) in [5, 5.41) is 0. The zero-order valence-electron chi connectivity index (χ0n) is 14.5. The van der Waals surface area contributed by atoms with Crippen LogP contribution in [0.25, 0.3) is 4.85 Å². The minimum absolute atomic E-state index is 0. The van der Waals surface area contributed by atoms with Crippen molar-refractivity contribution in [1.29, 1.82) is 0 Å². The molecular formula is C16H16N3NaO5S. The van der Waals surface area contributed by atoms with Crippen molar-refractivity contribution in [2.24, 2.45) is 7.05 Å². The molecule has 1 unspecified atom stereocenters. The van der Waals surface area contributed by atoms with Gasteiger partial charge in [0.2, 0.25) is 12.4 Å². The van der Waals surface area contributed by atoms with Gasteiger partial charge in [-0.25, -0.2) is 15.9 Å². The van der Waals surface area contributed by atoms with E-state index in [9.17, 15) is 18.4 Å². The predicted octanol–water partition coefficient (Wildman–Crippen LogP) is -2.72. The van der Waals surface area contributed by atoms with Crippen LogP contribution in [0.1, 0.15) is 11.1 Å². The molecule has 1 atom stereocenters. The van der Waals surface area contributed by atoms with Gasteiger partial charge in [-0.05, 0) is 16.6 Å². The van der Waals surface area contributed by atoms with Crippen LogP contribution in [0.4, 0.5) is 0 Å². The Labute approximate surface area is 174 Å². The molecule has 10 heteroatoms. The molecule has 1 heterocycles. The molecule has 0 fully saturated rings. The topological polar surface area (TPSA) is 97.7 Å². The van der Waals surface area contributed by atoms with Crippen LogP contribution in [0.15, 0.2) is 39.9 Å². The van der Waals surface area contributed by atoms with Crippen molar-refractivity contribution in [3.63, 3.8) is 0 Å². The first-order chi connectivity index (χ1) is 12.0. The Balaban J connectivity index is 0.00000338. The monoisotopic (exact) mass is 385 g/mol. The summed E-state index contributed by atoms with van der Waals surface area (Å²) in [6, 6.07) is 9.06. The summed E-state index contributed by atoms with van der Waals surface area (Å²) in [5.74, 6) is -0.675. The number of benzene rings is 1. The van der Waals surface area contributed by atoms with Gasteiger partial charge in [0.15, 0.2) is 6.61 Å². The van der Waals surface area contributed by atoms with E-state index in [-0.39, 0.29) is 60.6 Å². The van der Waals surface area contributed by atoms with Crippen molar-refractivity contribution >= 4 is 11.1 Å². The summed E-state index contributed by atoms with van der Waals surface area (Å²) in [5.41, 5.74) is -0.524. The van der Waals surface area contributed by atoms with E-state index in [1.165, 1.54) is 7.05 Å². The van der Waals surface area contributed by atoms with Crippen LogP contribution in [0.3, 0.4) is 0 Å². The Kier molecular flexibility index (Phi) is 8.98. The standard InChI is InChI=1S/C16H17N3O5S.Na/c1-17-8-9-24-15-13(10-12-6-4-3-5-7-12)14(20)19(11-25(22)23)16(21)18(15)2;/h3-7H,8-11H2,2H3,(H,22,23);/q;+1/p-1. The molecule has 1 aromatic heterocycles. The van der Waals surface area contributed by atoms with Crippen LogP contribution in [0, 0.1) is 6.57 Å². The summed E-state index contributed by atoms with van der Waals surface area (Å²) in [4.78, 5) is 28.1. The van der Waals surface area contributed by atoms with Crippen LogP contribution < -0.4 is 45.5 Å². The quantitative estimate of drug-likeness (QED) is 0.223. The summed E-state index contributed by atoms with van der Waals surface area (Å²) in [6.45, 7) is 6.89. The average Bonchev–Trinajstić information content (AvgIpc) is 2.60. The van der Waals surface area contributed by atoms with Crippen LogP contribution >= 0.6 is 0 Å². The van der Waals surface area contributed by atoms with Crippen LogP contribution in [-0.4, -0.2) is 31.0 Å². The first kappa shape index (κ1) is 22.3. The van der Waals surface area contributed by atoms with E-state index in [2.05, 4.69) is 4.85 Å². The molecule has 0 amide bonds. The summed E-state index contributed by atoms with van der Waals surface area (Å²) in [7, 11) is 1.40. The molecular weight excluding hydrogens is 369 g/mol. The summed E-state index contributed by atoms with van der Waals surface area (Å²) in [6.07, 6.45) is 0.173. The number of hydrogen-bond acceptors (Lipinski definition) is 5. The molecule has 0 bridgehead atoms. The van der Waals surface area contributed by atoms with Gasteiger partial charge in [0.1, 0.15) is 0 Å². The molecule has 0 N–H and O–H groups in total. The van der Waals surface area contributed by atoms with Crippen molar-refractivity contribution in [2.45, 2.75) is 12.3 Å². The van der Waals surface area contributed by atoms with E-state index in [1.807, 2.05) is 30.3 Å². The second-order valence-electron chi connectivity index (χ2n) is 5.18. The number of nitrogens with zero attached hydrogens (tertiary/aromatic N) is 3. The zero-order chi connectivity index (χ0) is 18.4. The second kappa shape index (κ2) is 10.4. The van der Waals surface area contributed by atoms with Crippen molar-refractivity contribution < 1.29 is 43.1 Å². The molecule has 0 aliphatic heterocycles. The van der Waals surface area contributed by atoms with E-state index in [0.29, 0.717) is 4.57 Å². The molecule has 26 heavy (non-hydrogen) atoms. The molecule has 0 radical (unpaired) electrons. The zero-order valence-corrected chi connectivity index (χ0v) is 17.3. The first-order valence-electron chi connectivity index (χ1n) is 7.34. The summed E-state index contributed by atoms with van der Waals surface area (Å²) < 4.78 is 29.2. The van der Waals surface area contributed by atoms with Gasteiger partial charge in [-0.3, -0.25) is 13.6 Å². The molecule has 0 aliphatic carbocycles. The number of hydrogen-bond donors (Lipinski definition) is 0. The van der Waals surface area contributed by atoms with Crippen molar-refractivity contribution in [1.82, 2.24) is 9.13 Å².